The minimum absolute atomic E-state index is 0.0468. The first-order valence-electron chi connectivity index (χ1n) is 8.95. The number of piperazine rings is 1. The molecular formula is C20H20Cl3N3O3. The first kappa shape index (κ1) is 21.6. The van der Waals surface area contributed by atoms with Crippen molar-refractivity contribution in [2.24, 2.45) is 0 Å². The van der Waals surface area contributed by atoms with Crippen LogP contribution in [0.15, 0.2) is 30.3 Å². The molecule has 0 radical (unpaired) electrons. The van der Waals surface area contributed by atoms with E-state index in [1.807, 2.05) is 0 Å². The summed E-state index contributed by atoms with van der Waals surface area (Å²) in [6, 6.07) is 8.31. The molecule has 0 unspecified atom stereocenters. The largest absolute Gasteiger partial charge is 0.494 e. The first-order chi connectivity index (χ1) is 13.8. The highest BCUT2D eigenvalue weighted by Gasteiger charge is 2.23. The Morgan fingerprint density at radius 1 is 1.00 bits per heavy atom. The molecule has 0 spiro atoms. The van der Waals surface area contributed by atoms with Crippen LogP contribution in [0.1, 0.15) is 17.3 Å². The van der Waals surface area contributed by atoms with Gasteiger partial charge in [-0.2, -0.15) is 0 Å². The minimum Gasteiger partial charge on any atom is -0.494 e. The lowest BCUT2D eigenvalue weighted by molar-refractivity contribution is -0.129. The van der Waals surface area contributed by atoms with Gasteiger partial charge in [0.1, 0.15) is 0 Å². The van der Waals surface area contributed by atoms with E-state index in [0.29, 0.717) is 48.2 Å². The van der Waals surface area contributed by atoms with Gasteiger partial charge in [-0.25, -0.2) is 0 Å². The maximum atomic E-state index is 12.8. The predicted octanol–water partition coefficient (Wildman–Crippen LogP) is 4.58. The fourth-order valence-corrected chi connectivity index (χ4v) is 4.20. The van der Waals surface area contributed by atoms with E-state index < -0.39 is 0 Å². The van der Waals surface area contributed by atoms with Gasteiger partial charge in [0, 0.05) is 38.7 Å². The van der Waals surface area contributed by atoms with Crippen LogP contribution in [-0.2, 0) is 4.79 Å². The van der Waals surface area contributed by atoms with Gasteiger partial charge in [-0.15, -0.1) is 0 Å². The van der Waals surface area contributed by atoms with E-state index >= 15 is 0 Å². The van der Waals surface area contributed by atoms with Gasteiger partial charge in [0.05, 0.1) is 33.6 Å². The lowest BCUT2D eigenvalue weighted by atomic mass is 10.1. The summed E-state index contributed by atoms with van der Waals surface area (Å²) in [7, 11) is 1.46. The Labute approximate surface area is 184 Å². The van der Waals surface area contributed by atoms with Crippen molar-refractivity contribution >= 4 is 58.0 Å². The molecule has 154 valence electrons. The number of benzene rings is 2. The average Bonchev–Trinajstić information content (AvgIpc) is 2.68. The molecule has 2 amide bonds. The molecule has 9 heteroatoms. The van der Waals surface area contributed by atoms with Gasteiger partial charge in [0.2, 0.25) is 5.91 Å². The standard InChI is InChI=1S/C20H20Cl3N3O3/c1-12(27)25-6-8-26(9-7-25)18-14(21)4-3-5-17(18)24-20(28)13-10-15(22)19(29-2)16(23)11-13/h3-5,10-11H,6-9H2,1-2H3,(H,24,28). The van der Waals surface area contributed by atoms with Crippen LogP contribution in [0.25, 0.3) is 0 Å². The molecule has 2 aromatic carbocycles. The number of amides is 2. The second-order valence-corrected chi connectivity index (χ2v) is 7.78. The molecule has 6 nitrogen and oxygen atoms in total. The zero-order chi connectivity index (χ0) is 21.1. The van der Waals surface area contributed by atoms with E-state index in [-0.39, 0.29) is 21.9 Å². The molecule has 1 N–H and O–H groups in total. The summed E-state index contributed by atoms with van der Waals surface area (Å²) >= 11 is 18.7. The number of nitrogens with one attached hydrogen (secondary N) is 1. The molecule has 0 atom stereocenters. The van der Waals surface area contributed by atoms with Crippen LogP contribution in [0.4, 0.5) is 11.4 Å². The number of rotatable bonds is 4. The zero-order valence-corrected chi connectivity index (χ0v) is 18.2. The summed E-state index contributed by atoms with van der Waals surface area (Å²) in [6.45, 7) is 3.98. The van der Waals surface area contributed by atoms with E-state index in [1.54, 1.807) is 30.0 Å². The fourth-order valence-electron chi connectivity index (χ4n) is 3.26. The molecule has 0 aromatic heterocycles. The number of carbonyl (C=O) groups is 2. The molecule has 1 aliphatic rings. The maximum Gasteiger partial charge on any atom is 0.255 e. The van der Waals surface area contributed by atoms with Crippen LogP contribution in [0.3, 0.4) is 0 Å². The Morgan fingerprint density at radius 2 is 1.62 bits per heavy atom. The maximum absolute atomic E-state index is 12.8. The molecule has 1 aliphatic heterocycles. The van der Waals surface area contributed by atoms with E-state index in [1.165, 1.54) is 19.2 Å². The lowest BCUT2D eigenvalue weighted by Crippen LogP contribution is -2.48. The molecule has 0 bridgehead atoms. The minimum atomic E-state index is -0.373. The number of ether oxygens (including phenoxy) is 1. The summed E-state index contributed by atoms with van der Waals surface area (Å²) in [5.41, 5.74) is 1.59. The molecule has 29 heavy (non-hydrogen) atoms. The number of para-hydroxylation sites is 1. The number of anilines is 2. The SMILES string of the molecule is COc1c(Cl)cc(C(=O)Nc2cccc(Cl)c2N2CCN(C(C)=O)CC2)cc1Cl. The molecule has 1 heterocycles. The van der Waals surface area contributed by atoms with Crippen LogP contribution in [0.2, 0.25) is 15.1 Å². The summed E-state index contributed by atoms with van der Waals surface area (Å²) in [5.74, 6) is -0.00962. The van der Waals surface area contributed by atoms with Gasteiger partial charge >= 0.3 is 0 Å². The van der Waals surface area contributed by atoms with Crippen LogP contribution in [0, 0.1) is 0 Å². The lowest BCUT2D eigenvalue weighted by Gasteiger charge is -2.37. The average molecular weight is 457 g/mol. The van der Waals surface area contributed by atoms with Gasteiger partial charge in [-0.3, -0.25) is 9.59 Å². The quantitative estimate of drug-likeness (QED) is 0.732. The van der Waals surface area contributed by atoms with Crippen LogP contribution < -0.4 is 15.0 Å². The Bertz CT molecular complexity index is 921. The van der Waals surface area contributed by atoms with Crippen molar-refractivity contribution in [2.75, 3.05) is 43.5 Å². The smallest absolute Gasteiger partial charge is 0.255 e. The van der Waals surface area contributed by atoms with Crippen molar-refractivity contribution < 1.29 is 14.3 Å². The van der Waals surface area contributed by atoms with E-state index in [2.05, 4.69) is 10.2 Å². The van der Waals surface area contributed by atoms with Gasteiger partial charge in [0.25, 0.3) is 5.91 Å². The monoisotopic (exact) mass is 455 g/mol. The Balaban J connectivity index is 1.84. The molecule has 1 fully saturated rings. The van der Waals surface area contributed by atoms with Crippen molar-refractivity contribution in [3.63, 3.8) is 0 Å². The molecule has 0 saturated carbocycles. The summed E-state index contributed by atoms with van der Waals surface area (Å²) in [6.07, 6.45) is 0. The number of hydrogen-bond donors (Lipinski definition) is 1. The molecule has 0 aliphatic carbocycles. The Hall–Kier alpha value is -2.15. The Morgan fingerprint density at radius 3 is 2.17 bits per heavy atom. The number of hydrogen-bond acceptors (Lipinski definition) is 4. The normalized spacial score (nSPS) is 14.0. The Kier molecular flexibility index (Phi) is 6.77. The molecule has 1 saturated heterocycles. The van der Waals surface area contributed by atoms with Gasteiger partial charge in [-0.05, 0) is 24.3 Å². The summed E-state index contributed by atoms with van der Waals surface area (Å²) < 4.78 is 5.12. The number of halogens is 3. The van der Waals surface area contributed by atoms with E-state index in [4.69, 9.17) is 39.5 Å². The predicted molar refractivity (Wildman–Crippen MR) is 117 cm³/mol. The van der Waals surface area contributed by atoms with Gasteiger partial charge in [-0.1, -0.05) is 40.9 Å². The fraction of sp³-hybridized carbons (Fsp3) is 0.300. The summed E-state index contributed by atoms with van der Waals surface area (Å²) in [4.78, 5) is 28.2. The second kappa shape index (κ2) is 9.11. The third kappa shape index (κ3) is 4.71. The molecule has 2 aromatic rings. The first-order valence-corrected chi connectivity index (χ1v) is 10.1. The van der Waals surface area contributed by atoms with Gasteiger partial charge < -0.3 is 19.9 Å². The van der Waals surface area contributed by atoms with Gasteiger partial charge in [0.15, 0.2) is 5.75 Å². The highest BCUT2D eigenvalue weighted by atomic mass is 35.5. The number of carbonyl (C=O) groups excluding carboxylic acids is 2. The van der Waals surface area contributed by atoms with Crippen molar-refractivity contribution in [1.29, 1.82) is 0 Å². The summed E-state index contributed by atoms with van der Waals surface area (Å²) in [5, 5.41) is 3.90. The van der Waals surface area contributed by atoms with Crippen molar-refractivity contribution in [3.8, 4) is 5.75 Å². The third-order valence-electron chi connectivity index (χ3n) is 4.74. The van der Waals surface area contributed by atoms with E-state index in [9.17, 15) is 9.59 Å². The highest BCUT2D eigenvalue weighted by molar-refractivity contribution is 6.38. The number of methoxy groups -OCH3 is 1. The van der Waals surface area contributed by atoms with Crippen molar-refractivity contribution in [2.45, 2.75) is 6.92 Å². The number of nitrogens with zero attached hydrogens (tertiary/aromatic N) is 2. The van der Waals surface area contributed by atoms with Crippen molar-refractivity contribution in [1.82, 2.24) is 4.90 Å². The third-order valence-corrected chi connectivity index (χ3v) is 5.61. The molecular weight excluding hydrogens is 437 g/mol. The zero-order valence-electron chi connectivity index (χ0n) is 16.0. The second-order valence-electron chi connectivity index (χ2n) is 6.56. The van der Waals surface area contributed by atoms with Crippen LogP contribution in [0.5, 0.6) is 5.75 Å². The van der Waals surface area contributed by atoms with Crippen LogP contribution >= 0.6 is 34.8 Å². The van der Waals surface area contributed by atoms with E-state index in [0.717, 1.165) is 5.69 Å². The topological polar surface area (TPSA) is 61.9 Å². The van der Waals surface area contributed by atoms with Crippen LogP contribution in [-0.4, -0.2) is 50.0 Å². The molecule has 3 rings (SSSR count). The highest BCUT2D eigenvalue weighted by Crippen LogP contribution is 2.36. The van der Waals surface area contributed by atoms with Crippen molar-refractivity contribution in [3.05, 3.63) is 51.0 Å².